The van der Waals surface area contributed by atoms with Crippen LogP contribution in [0.4, 0.5) is 0 Å². The van der Waals surface area contributed by atoms with E-state index in [2.05, 4.69) is 94.8 Å². The summed E-state index contributed by atoms with van der Waals surface area (Å²) in [4.78, 5) is 24.6. The predicted octanol–water partition coefficient (Wildman–Crippen LogP) is 5.20. The highest BCUT2D eigenvalue weighted by molar-refractivity contribution is 6.27. The number of carboxylic acid groups (broad SMARTS) is 2. The van der Waals surface area contributed by atoms with Gasteiger partial charge in [0, 0.05) is 29.2 Å². The van der Waals surface area contributed by atoms with Gasteiger partial charge in [0.2, 0.25) is 0 Å². The molecule has 174 valence electrons. The van der Waals surface area contributed by atoms with E-state index in [1.807, 2.05) is 0 Å². The monoisotopic (exact) mass is 456 g/mol. The number of benzene rings is 3. The van der Waals surface area contributed by atoms with E-state index in [0.717, 1.165) is 13.0 Å². The van der Waals surface area contributed by atoms with Crippen molar-refractivity contribution >= 4 is 22.8 Å². The van der Waals surface area contributed by atoms with Gasteiger partial charge >= 0.3 is 11.9 Å². The van der Waals surface area contributed by atoms with Crippen LogP contribution in [-0.2, 0) is 22.6 Å². The molecule has 2 heterocycles. The molecule has 1 unspecified atom stereocenters. The number of aromatic nitrogens is 1. The maximum Gasteiger partial charge on any atom is 0.414 e. The lowest BCUT2D eigenvalue weighted by Crippen LogP contribution is -2.30. The first-order chi connectivity index (χ1) is 16.5. The van der Waals surface area contributed by atoms with Gasteiger partial charge in [0.25, 0.3) is 0 Å². The minimum absolute atomic E-state index is 0.599. The Hall–Kier alpha value is -3.90. The SMILES string of the molecule is O=C(O)C(=O)O.c1ccc(CN2CCCC2Cc2c(-c3ccccc3)[nH]c3ccccc23)cc1. The Morgan fingerprint density at radius 3 is 2.15 bits per heavy atom. The van der Waals surface area contributed by atoms with Gasteiger partial charge in [-0.05, 0) is 48.6 Å². The van der Waals surface area contributed by atoms with E-state index in [9.17, 15) is 0 Å². The summed E-state index contributed by atoms with van der Waals surface area (Å²) in [5.74, 6) is -3.65. The van der Waals surface area contributed by atoms with E-state index in [1.54, 1.807) is 0 Å². The summed E-state index contributed by atoms with van der Waals surface area (Å²) >= 11 is 0. The van der Waals surface area contributed by atoms with Crippen LogP contribution in [0.3, 0.4) is 0 Å². The molecule has 1 aromatic heterocycles. The van der Waals surface area contributed by atoms with Crippen molar-refractivity contribution in [3.8, 4) is 11.3 Å². The van der Waals surface area contributed by atoms with Gasteiger partial charge in [-0.1, -0.05) is 78.9 Å². The molecule has 34 heavy (non-hydrogen) atoms. The van der Waals surface area contributed by atoms with Crippen molar-refractivity contribution in [1.82, 2.24) is 9.88 Å². The second-order valence-corrected chi connectivity index (χ2v) is 8.46. The summed E-state index contributed by atoms with van der Waals surface area (Å²) < 4.78 is 0. The zero-order valence-corrected chi connectivity index (χ0v) is 18.9. The third-order valence-corrected chi connectivity index (χ3v) is 6.23. The van der Waals surface area contributed by atoms with Gasteiger partial charge in [-0.3, -0.25) is 4.90 Å². The average Bonchev–Trinajstić information content (AvgIpc) is 3.45. The van der Waals surface area contributed by atoms with E-state index in [4.69, 9.17) is 19.8 Å². The van der Waals surface area contributed by atoms with Gasteiger partial charge in [0.15, 0.2) is 0 Å². The number of hydrogen-bond donors (Lipinski definition) is 3. The Morgan fingerprint density at radius 2 is 1.47 bits per heavy atom. The van der Waals surface area contributed by atoms with Crippen LogP contribution in [0.5, 0.6) is 0 Å². The highest BCUT2D eigenvalue weighted by Gasteiger charge is 2.27. The van der Waals surface area contributed by atoms with Crippen molar-refractivity contribution in [2.75, 3.05) is 6.54 Å². The second-order valence-electron chi connectivity index (χ2n) is 8.46. The van der Waals surface area contributed by atoms with Crippen molar-refractivity contribution < 1.29 is 19.8 Å². The van der Waals surface area contributed by atoms with E-state index >= 15 is 0 Å². The van der Waals surface area contributed by atoms with Crippen LogP contribution < -0.4 is 0 Å². The number of aromatic amines is 1. The Labute approximate surface area is 198 Å². The number of rotatable bonds is 5. The van der Waals surface area contributed by atoms with E-state index in [1.165, 1.54) is 52.7 Å². The number of likely N-dealkylation sites (tertiary alicyclic amines) is 1. The van der Waals surface area contributed by atoms with Crippen LogP contribution in [-0.4, -0.2) is 44.6 Å². The van der Waals surface area contributed by atoms with Gasteiger partial charge in [-0.15, -0.1) is 0 Å². The largest absolute Gasteiger partial charge is 0.473 e. The number of nitrogens with one attached hydrogen (secondary N) is 1. The lowest BCUT2D eigenvalue weighted by atomic mass is 9.97. The molecular weight excluding hydrogens is 428 g/mol. The zero-order chi connectivity index (χ0) is 23.9. The first-order valence-electron chi connectivity index (χ1n) is 11.4. The normalized spacial score (nSPS) is 15.6. The number of H-pyrrole nitrogens is 1. The zero-order valence-electron chi connectivity index (χ0n) is 18.9. The van der Waals surface area contributed by atoms with Crippen molar-refractivity contribution in [2.45, 2.75) is 31.8 Å². The summed E-state index contributed by atoms with van der Waals surface area (Å²) in [7, 11) is 0. The number of nitrogens with zero attached hydrogens (tertiary/aromatic N) is 1. The summed E-state index contributed by atoms with van der Waals surface area (Å²) in [5, 5.41) is 16.2. The summed E-state index contributed by atoms with van der Waals surface area (Å²) in [6, 6.07) is 31.0. The van der Waals surface area contributed by atoms with Crippen LogP contribution >= 0.6 is 0 Å². The number of carboxylic acids is 2. The van der Waals surface area contributed by atoms with Gasteiger partial charge in [0.05, 0.1) is 0 Å². The van der Waals surface area contributed by atoms with Gasteiger partial charge in [-0.25, -0.2) is 9.59 Å². The minimum Gasteiger partial charge on any atom is -0.473 e. The second kappa shape index (κ2) is 10.8. The van der Waals surface area contributed by atoms with E-state index in [-0.39, 0.29) is 0 Å². The predicted molar refractivity (Wildman–Crippen MR) is 133 cm³/mol. The molecular formula is C28H28N2O4. The molecule has 4 aromatic rings. The van der Waals surface area contributed by atoms with Crippen molar-refractivity contribution in [2.24, 2.45) is 0 Å². The molecule has 3 N–H and O–H groups in total. The fourth-order valence-corrected chi connectivity index (χ4v) is 4.65. The van der Waals surface area contributed by atoms with Crippen LogP contribution in [0.25, 0.3) is 22.2 Å². The molecule has 0 saturated carbocycles. The van der Waals surface area contributed by atoms with Crippen molar-refractivity contribution in [3.63, 3.8) is 0 Å². The molecule has 1 saturated heterocycles. The summed E-state index contributed by atoms with van der Waals surface area (Å²) in [6.07, 6.45) is 3.67. The standard InChI is InChI=1S/C26H26N2.C2H2O4/c1-3-10-20(11-4-1)19-28-17-9-14-22(28)18-24-23-15-7-8-16-25(23)27-26(24)21-12-5-2-6-13-21;3-1(4)2(5)6/h1-8,10-13,15-16,22,27H,9,14,17-19H2;(H,3,4)(H,5,6). The molecule has 0 aliphatic carbocycles. The first-order valence-corrected chi connectivity index (χ1v) is 11.4. The van der Waals surface area contributed by atoms with Gasteiger partial charge < -0.3 is 15.2 Å². The topological polar surface area (TPSA) is 93.6 Å². The molecule has 0 amide bonds. The maximum absolute atomic E-state index is 9.10. The van der Waals surface area contributed by atoms with Crippen LogP contribution in [0.1, 0.15) is 24.0 Å². The molecule has 6 nitrogen and oxygen atoms in total. The minimum atomic E-state index is -1.82. The molecule has 0 bridgehead atoms. The molecule has 5 rings (SSSR count). The number of carbonyl (C=O) groups is 2. The molecule has 0 radical (unpaired) electrons. The fraction of sp³-hybridized carbons (Fsp3) is 0.214. The number of aliphatic carboxylic acids is 2. The quantitative estimate of drug-likeness (QED) is 0.359. The molecule has 1 fully saturated rings. The van der Waals surface area contributed by atoms with Crippen LogP contribution in [0, 0.1) is 0 Å². The first kappa shape index (κ1) is 23.3. The Balaban J connectivity index is 0.000000408. The Bertz CT molecular complexity index is 1240. The molecule has 0 spiro atoms. The van der Waals surface area contributed by atoms with Crippen molar-refractivity contribution in [3.05, 3.63) is 96.1 Å². The third-order valence-electron chi connectivity index (χ3n) is 6.23. The van der Waals surface area contributed by atoms with Gasteiger partial charge in [-0.2, -0.15) is 0 Å². The molecule has 1 atom stereocenters. The van der Waals surface area contributed by atoms with Crippen LogP contribution in [0.15, 0.2) is 84.9 Å². The Morgan fingerprint density at radius 1 is 0.853 bits per heavy atom. The summed E-state index contributed by atoms with van der Waals surface area (Å²) in [6.45, 7) is 2.25. The summed E-state index contributed by atoms with van der Waals surface area (Å²) in [5.41, 5.74) is 6.68. The smallest absolute Gasteiger partial charge is 0.414 e. The number of fused-ring (bicyclic) bond motifs is 1. The van der Waals surface area contributed by atoms with Crippen LogP contribution in [0.2, 0.25) is 0 Å². The molecule has 1 aliphatic rings. The molecule has 1 aliphatic heterocycles. The fourth-order valence-electron chi connectivity index (χ4n) is 4.65. The molecule has 3 aromatic carbocycles. The molecule has 6 heteroatoms. The highest BCUT2D eigenvalue weighted by Crippen LogP contribution is 2.34. The lowest BCUT2D eigenvalue weighted by Gasteiger charge is -2.25. The number of hydrogen-bond acceptors (Lipinski definition) is 3. The maximum atomic E-state index is 9.10. The van der Waals surface area contributed by atoms with E-state index < -0.39 is 11.9 Å². The van der Waals surface area contributed by atoms with E-state index in [0.29, 0.717) is 6.04 Å². The lowest BCUT2D eigenvalue weighted by molar-refractivity contribution is -0.159. The van der Waals surface area contributed by atoms with Gasteiger partial charge in [0.1, 0.15) is 0 Å². The average molecular weight is 457 g/mol. The number of para-hydroxylation sites is 1. The third kappa shape index (κ3) is 5.53. The Kier molecular flexibility index (Phi) is 7.40. The van der Waals surface area contributed by atoms with Crippen molar-refractivity contribution in [1.29, 1.82) is 0 Å². The highest BCUT2D eigenvalue weighted by atomic mass is 16.4.